The molecule has 0 fully saturated rings. The fourth-order valence-electron chi connectivity index (χ4n) is 1.37. The zero-order valence-electron chi connectivity index (χ0n) is 9.81. The molecule has 0 bridgehead atoms. The van der Waals surface area contributed by atoms with Gasteiger partial charge in [0.25, 0.3) is 5.91 Å². The Morgan fingerprint density at radius 2 is 2.06 bits per heavy atom. The van der Waals surface area contributed by atoms with Crippen LogP contribution in [0.25, 0.3) is 0 Å². The van der Waals surface area contributed by atoms with Crippen LogP contribution < -0.4 is 5.32 Å². The van der Waals surface area contributed by atoms with Crippen molar-refractivity contribution < 1.29 is 4.79 Å². The number of anilines is 1. The molecular weight excluding hydrogens is 254 g/mol. The van der Waals surface area contributed by atoms with Gasteiger partial charge in [-0.15, -0.1) is 0 Å². The molecule has 0 spiro atoms. The second kappa shape index (κ2) is 5.05. The summed E-state index contributed by atoms with van der Waals surface area (Å²) in [4.78, 5) is 19.8. The molecule has 0 radical (unpaired) electrons. The summed E-state index contributed by atoms with van der Waals surface area (Å²) in [5, 5.41) is 10.6. The van der Waals surface area contributed by atoms with Crippen molar-refractivity contribution in [1.29, 1.82) is 0 Å². The van der Waals surface area contributed by atoms with Crippen LogP contribution in [0.4, 0.5) is 5.82 Å². The number of nitrogens with one attached hydrogen (secondary N) is 1. The van der Waals surface area contributed by atoms with Gasteiger partial charge in [-0.1, -0.05) is 11.6 Å². The molecule has 2 aromatic rings. The lowest BCUT2D eigenvalue weighted by Gasteiger charge is -2.06. The molecule has 0 aliphatic rings. The molecule has 6 nitrogen and oxygen atoms in total. The van der Waals surface area contributed by atoms with Crippen molar-refractivity contribution in [2.75, 3.05) is 5.32 Å². The van der Waals surface area contributed by atoms with Crippen LogP contribution in [0, 0.1) is 13.8 Å². The van der Waals surface area contributed by atoms with Crippen molar-refractivity contribution in [3.63, 3.8) is 0 Å². The van der Waals surface area contributed by atoms with Gasteiger partial charge in [-0.05, 0) is 19.9 Å². The number of nitrogens with zero attached hydrogens (tertiary/aromatic N) is 4. The molecule has 1 N–H and O–H groups in total. The van der Waals surface area contributed by atoms with Gasteiger partial charge in [0.2, 0.25) is 0 Å². The molecule has 0 aromatic carbocycles. The standard InChI is InChI=1S/C11H10ClN5O/c1-6-3-8(7(2)17-16-6)11(18)15-10-5-13-4-9(12)14-10/h3-5H,1-2H3,(H,14,15,18). The van der Waals surface area contributed by atoms with Gasteiger partial charge < -0.3 is 5.32 Å². The third-order valence-corrected chi connectivity index (χ3v) is 2.37. The maximum Gasteiger partial charge on any atom is 0.258 e. The quantitative estimate of drug-likeness (QED) is 0.893. The number of carbonyl (C=O) groups is 1. The number of hydrogen-bond donors (Lipinski definition) is 1. The predicted octanol–water partition coefficient (Wildman–Crippen LogP) is 1.79. The van der Waals surface area contributed by atoms with E-state index in [1.165, 1.54) is 12.4 Å². The lowest BCUT2D eigenvalue weighted by atomic mass is 10.2. The van der Waals surface area contributed by atoms with Crippen molar-refractivity contribution in [3.05, 3.63) is 40.6 Å². The molecule has 18 heavy (non-hydrogen) atoms. The van der Waals surface area contributed by atoms with Crippen LogP contribution in [0.3, 0.4) is 0 Å². The molecular formula is C11H10ClN5O. The van der Waals surface area contributed by atoms with Gasteiger partial charge >= 0.3 is 0 Å². The monoisotopic (exact) mass is 263 g/mol. The van der Waals surface area contributed by atoms with Crippen LogP contribution in [0.1, 0.15) is 21.7 Å². The Balaban J connectivity index is 2.24. The van der Waals surface area contributed by atoms with E-state index in [4.69, 9.17) is 11.6 Å². The molecule has 2 aromatic heterocycles. The second-order valence-electron chi connectivity index (χ2n) is 3.67. The Hall–Kier alpha value is -2.08. The van der Waals surface area contributed by atoms with Gasteiger partial charge in [-0.2, -0.15) is 10.2 Å². The molecule has 92 valence electrons. The second-order valence-corrected chi connectivity index (χ2v) is 4.05. The smallest absolute Gasteiger partial charge is 0.258 e. The van der Waals surface area contributed by atoms with E-state index in [1.54, 1.807) is 19.9 Å². The Kier molecular flexibility index (Phi) is 3.47. The molecule has 0 saturated heterocycles. The van der Waals surface area contributed by atoms with Crippen molar-refractivity contribution in [1.82, 2.24) is 20.2 Å². The van der Waals surface area contributed by atoms with Crippen molar-refractivity contribution in [2.45, 2.75) is 13.8 Å². The van der Waals surface area contributed by atoms with E-state index in [9.17, 15) is 4.79 Å². The zero-order chi connectivity index (χ0) is 13.1. The summed E-state index contributed by atoms with van der Waals surface area (Å²) >= 11 is 5.68. The minimum atomic E-state index is -0.318. The number of carbonyl (C=O) groups excluding carboxylic acids is 1. The Morgan fingerprint density at radius 3 is 2.78 bits per heavy atom. The first-order valence-electron chi connectivity index (χ1n) is 5.16. The van der Waals surface area contributed by atoms with Gasteiger partial charge in [0, 0.05) is 0 Å². The van der Waals surface area contributed by atoms with E-state index in [0.717, 1.165) is 0 Å². The molecule has 0 aliphatic heterocycles. The summed E-state index contributed by atoms with van der Waals surface area (Å²) < 4.78 is 0. The van der Waals surface area contributed by atoms with E-state index < -0.39 is 0 Å². The van der Waals surface area contributed by atoms with Gasteiger partial charge in [0.05, 0.1) is 29.3 Å². The van der Waals surface area contributed by atoms with Crippen LogP contribution in [0.5, 0.6) is 0 Å². The minimum absolute atomic E-state index is 0.216. The number of amides is 1. The summed E-state index contributed by atoms with van der Waals surface area (Å²) in [6, 6.07) is 1.66. The predicted molar refractivity (Wildman–Crippen MR) is 66.5 cm³/mol. The summed E-state index contributed by atoms with van der Waals surface area (Å²) in [5.74, 6) is -0.0246. The van der Waals surface area contributed by atoms with Crippen LogP contribution in [-0.2, 0) is 0 Å². The van der Waals surface area contributed by atoms with Crippen molar-refractivity contribution in [2.24, 2.45) is 0 Å². The summed E-state index contributed by atoms with van der Waals surface area (Å²) in [6.07, 6.45) is 2.81. The van der Waals surface area contributed by atoms with Crippen LogP contribution in [0.15, 0.2) is 18.5 Å². The molecule has 2 heterocycles. The summed E-state index contributed by atoms with van der Waals surface area (Å²) in [7, 11) is 0. The molecule has 1 amide bonds. The van der Waals surface area contributed by atoms with Crippen LogP contribution in [0.2, 0.25) is 5.15 Å². The van der Waals surface area contributed by atoms with Crippen LogP contribution >= 0.6 is 11.6 Å². The highest BCUT2D eigenvalue weighted by molar-refractivity contribution is 6.29. The fourth-order valence-corrected chi connectivity index (χ4v) is 1.51. The summed E-state index contributed by atoms with van der Waals surface area (Å²) in [6.45, 7) is 3.48. The zero-order valence-corrected chi connectivity index (χ0v) is 10.6. The van der Waals surface area contributed by atoms with E-state index in [1.807, 2.05) is 0 Å². The SMILES string of the molecule is Cc1cc(C(=O)Nc2cncc(Cl)n2)c(C)nn1. The van der Waals surface area contributed by atoms with Gasteiger partial charge in [0.15, 0.2) is 5.82 Å². The van der Waals surface area contributed by atoms with Crippen molar-refractivity contribution >= 4 is 23.3 Å². The van der Waals surface area contributed by atoms with Gasteiger partial charge in [0.1, 0.15) is 5.15 Å². The highest BCUT2D eigenvalue weighted by Gasteiger charge is 2.12. The molecule has 2 rings (SSSR count). The first-order chi connectivity index (χ1) is 8.56. The molecule has 7 heteroatoms. The van der Waals surface area contributed by atoms with Crippen molar-refractivity contribution in [3.8, 4) is 0 Å². The first kappa shape index (κ1) is 12.4. The summed E-state index contributed by atoms with van der Waals surface area (Å²) in [5.41, 5.74) is 1.67. The number of hydrogen-bond acceptors (Lipinski definition) is 5. The topological polar surface area (TPSA) is 80.7 Å². The third kappa shape index (κ3) is 2.78. The van der Waals surface area contributed by atoms with Crippen LogP contribution in [-0.4, -0.2) is 26.1 Å². The lowest BCUT2D eigenvalue weighted by Crippen LogP contribution is -2.16. The minimum Gasteiger partial charge on any atom is -0.305 e. The molecule has 0 atom stereocenters. The molecule has 0 unspecified atom stereocenters. The normalized spacial score (nSPS) is 10.2. The molecule has 0 aliphatic carbocycles. The highest BCUT2D eigenvalue weighted by atomic mass is 35.5. The number of aryl methyl sites for hydroxylation is 2. The Morgan fingerprint density at radius 1 is 1.28 bits per heavy atom. The first-order valence-corrected chi connectivity index (χ1v) is 5.54. The highest BCUT2D eigenvalue weighted by Crippen LogP contribution is 2.11. The van der Waals surface area contributed by atoms with E-state index in [0.29, 0.717) is 22.8 Å². The average Bonchev–Trinajstić information content (AvgIpc) is 2.32. The average molecular weight is 264 g/mol. The Bertz CT molecular complexity index is 602. The lowest BCUT2D eigenvalue weighted by molar-refractivity contribution is 0.102. The molecule has 0 saturated carbocycles. The maximum atomic E-state index is 12.0. The number of halogens is 1. The number of aromatic nitrogens is 4. The van der Waals surface area contributed by atoms with Gasteiger partial charge in [-0.3, -0.25) is 9.78 Å². The van der Waals surface area contributed by atoms with Gasteiger partial charge in [-0.25, -0.2) is 4.98 Å². The fraction of sp³-hybridized carbons (Fsp3) is 0.182. The van der Waals surface area contributed by atoms with E-state index in [2.05, 4.69) is 25.5 Å². The van der Waals surface area contributed by atoms with E-state index in [-0.39, 0.29) is 11.1 Å². The maximum absolute atomic E-state index is 12.0. The Labute approximate surface area is 108 Å². The number of rotatable bonds is 2. The third-order valence-electron chi connectivity index (χ3n) is 2.19. The largest absolute Gasteiger partial charge is 0.305 e. The van der Waals surface area contributed by atoms with E-state index >= 15 is 0 Å².